The maximum absolute atomic E-state index is 13.1. The molecule has 1 saturated carbocycles. The van der Waals surface area contributed by atoms with E-state index in [-0.39, 0.29) is 23.2 Å². The summed E-state index contributed by atoms with van der Waals surface area (Å²) in [6.07, 6.45) is 3.83. The zero-order valence-corrected chi connectivity index (χ0v) is 16.8. The molecule has 2 aromatic carbocycles. The SMILES string of the molecule is O=C(O)c1cc(N2CCN(c3ccc(F)cc3)CC2)ccc1NC(=O)C1CCCC1. The monoisotopic (exact) mass is 411 g/mol. The van der Waals surface area contributed by atoms with E-state index >= 15 is 0 Å². The molecule has 1 heterocycles. The molecule has 1 saturated heterocycles. The van der Waals surface area contributed by atoms with Crippen LogP contribution in [0.2, 0.25) is 0 Å². The number of aromatic carboxylic acids is 1. The van der Waals surface area contributed by atoms with Crippen LogP contribution in [0.1, 0.15) is 36.0 Å². The van der Waals surface area contributed by atoms with Crippen molar-refractivity contribution >= 4 is 28.9 Å². The molecule has 0 unspecified atom stereocenters. The Bertz CT molecular complexity index is 918. The van der Waals surface area contributed by atoms with Gasteiger partial charge in [0.25, 0.3) is 0 Å². The second-order valence-corrected chi connectivity index (χ2v) is 7.96. The Balaban J connectivity index is 1.44. The second-order valence-electron chi connectivity index (χ2n) is 7.96. The van der Waals surface area contributed by atoms with Gasteiger partial charge in [-0.25, -0.2) is 9.18 Å². The van der Waals surface area contributed by atoms with Crippen molar-refractivity contribution in [2.45, 2.75) is 25.7 Å². The first-order valence-electron chi connectivity index (χ1n) is 10.4. The van der Waals surface area contributed by atoms with Gasteiger partial charge in [-0.1, -0.05) is 12.8 Å². The highest BCUT2D eigenvalue weighted by molar-refractivity contribution is 6.02. The normalized spacial score (nSPS) is 17.2. The average molecular weight is 411 g/mol. The Morgan fingerprint density at radius 1 is 0.900 bits per heavy atom. The molecule has 0 radical (unpaired) electrons. The Morgan fingerprint density at radius 3 is 2.07 bits per heavy atom. The predicted octanol–water partition coefficient (Wildman–Crippen LogP) is 3.98. The van der Waals surface area contributed by atoms with Crippen LogP contribution >= 0.6 is 0 Å². The highest BCUT2D eigenvalue weighted by Crippen LogP contribution is 2.29. The molecule has 2 fully saturated rings. The van der Waals surface area contributed by atoms with Gasteiger partial charge in [-0.15, -0.1) is 0 Å². The van der Waals surface area contributed by atoms with Crippen LogP contribution in [0.4, 0.5) is 21.5 Å². The standard InChI is InChI=1S/C23H26FN3O3/c24-17-5-7-18(8-6-17)26-11-13-27(14-12-26)19-9-10-21(20(15-19)23(29)30)25-22(28)16-3-1-2-4-16/h5-10,15-16H,1-4,11-14H2,(H,25,28)(H,29,30). The molecule has 2 N–H and O–H groups in total. The Labute approximate surface area is 175 Å². The van der Waals surface area contributed by atoms with Gasteiger partial charge in [0.2, 0.25) is 5.91 Å². The fraction of sp³-hybridized carbons (Fsp3) is 0.391. The van der Waals surface area contributed by atoms with Crippen LogP contribution in [0.5, 0.6) is 0 Å². The van der Waals surface area contributed by atoms with E-state index < -0.39 is 5.97 Å². The molecule has 1 aliphatic heterocycles. The number of carbonyl (C=O) groups excluding carboxylic acids is 1. The van der Waals surface area contributed by atoms with Crippen molar-refractivity contribution in [3.05, 3.63) is 53.8 Å². The number of anilines is 3. The molecular weight excluding hydrogens is 385 g/mol. The maximum atomic E-state index is 13.1. The van der Waals surface area contributed by atoms with Gasteiger partial charge in [0.05, 0.1) is 11.3 Å². The number of hydrogen-bond donors (Lipinski definition) is 2. The molecule has 6 nitrogen and oxygen atoms in total. The molecule has 1 amide bonds. The van der Waals surface area contributed by atoms with E-state index in [1.807, 2.05) is 6.07 Å². The van der Waals surface area contributed by atoms with Crippen molar-refractivity contribution in [3.63, 3.8) is 0 Å². The first-order chi connectivity index (χ1) is 14.5. The van der Waals surface area contributed by atoms with Gasteiger partial charge >= 0.3 is 5.97 Å². The number of benzene rings is 2. The van der Waals surface area contributed by atoms with Gasteiger partial charge < -0.3 is 20.2 Å². The summed E-state index contributed by atoms with van der Waals surface area (Å²) in [4.78, 5) is 28.6. The van der Waals surface area contributed by atoms with Crippen LogP contribution in [-0.2, 0) is 4.79 Å². The summed E-state index contributed by atoms with van der Waals surface area (Å²) in [5.74, 6) is -1.41. The van der Waals surface area contributed by atoms with Crippen molar-refractivity contribution in [2.75, 3.05) is 41.3 Å². The quantitative estimate of drug-likeness (QED) is 0.779. The molecule has 1 aliphatic carbocycles. The average Bonchev–Trinajstić information content (AvgIpc) is 3.30. The van der Waals surface area contributed by atoms with Gasteiger partial charge in [-0.05, 0) is 55.3 Å². The molecule has 158 valence electrons. The van der Waals surface area contributed by atoms with Crippen molar-refractivity contribution in [3.8, 4) is 0 Å². The zero-order valence-electron chi connectivity index (χ0n) is 16.8. The summed E-state index contributed by atoms with van der Waals surface area (Å²) in [5.41, 5.74) is 2.27. The largest absolute Gasteiger partial charge is 0.478 e. The number of carboxylic acids is 1. The van der Waals surface area contributed by atoms with Crippen LogP contribution < -0.4 is 15.1 Å². The summed E-state index contributed by atoms with van der Waals surface area (Å²) in [5, 5.41) is 12.5. The molecule has 30 heavy (non-hydrogen) atoms. The minimum absolute atomic E-state index is 0.0224. The first-order valence-corrected chi connectivity index (χ1v) is 10.4. The van der Waals surface area contributed by atoms with E-state index in [0.29, 0.717) is 5.69 Å². The number of hydrogen-bond acceptors (Lipinski definition) is 4. The Kier molecular flexibility index (Phi) is 5.88. The third-order valence-electron chi connectivity index (χ3n) is 6.05. The zero-order chi connectivity index (χ0) is 21.1. The molecule has 4 rings (SSSR count). The molecule has 2 aromatic rings. The molecule has 0 aromatic heterocycles. The fourth-order valence-corrected chi connectivity index (χ4v) is 4.31. The minimum Gasteiger partial charge on any atom is -0.478 e. The summed E-state index contributed by atoms with van der Waals surface area (Å²) >= 11 is 0. The molecular formula is C23H26FN3O3. The van der Waals surface area contributed by atoms with Crippen LogP contribution in [0, 0.1) is 11.7 Å². The third kappa shape index (κ3) is 4.40. The number of amides is 1. The van der Waals surface area contributed by atoms with Crippen LogP contribution in [-0.4, -0.2) is 43.2 Å². The lowest BCUT2D eigenvalue weighted by Gasteiger charge is -2.37. The maximum Gasteiger partial charge on any atom is 0.337 e. The lowest BCUT2D eigenvalue weighted by atomic mass is 10.1. The summed E-state index contributed by atoms with van der Waals surface area (Å²) in [6.45, 7) is 2.97. The molecule has 0 spiro atoms. The second kappa shape index (κ2) is 8.73. The van der Waals surface area contributed by atoms with E-state index in [2.05, 4.69) is 15.1 Å². The van der Waals surface area contributed by atoms with Crippen molar-refractivity contribution in [1.29, 1.82) is 0 Å². The number of carbonyl (C=O) groups is 2. The Morgan fingerprint density at radius 2 is 1.47 bits per heavy atom. The van der Waals surface area contributed by atoms with E-state index in [1.165, 1.54) is 12.1 Å². The smallest absolute Gasteiger partial charge is 0.337 e. The van der Waals surface area contributed by atoms with Gasteiger partial charge in [0.15, 0.2) is 0 Å². The highest BCUT2D eigenvalue weighted by atomic mass is 19.1. The highest BCUT2D eigenvalue weighted by Gasteiger charge is 2.25. The number of carboxylic acid groups (broad SMARTS) is 1. The minimum atomic E-state index is -1.05. The number of piperazine rings is 1. The third-order valence-corrected chi connectivity index (χ3v) is 6.05. The summed E-state index contributed by atoms with van der Waals surface area (Å²) < 4.78 is 13.1. The number of nitrogens with one attached hydrogen (secondary N) is 1. The number of nitrogens with zero attached hydrogens (tertiary/aromatic N) is 2. The lowest BCUT2D eigenvalue weighted by Crippen LogP contribution is -2.46. The summed E-state index contributed by atoms with van der Waals surface area (Å²) in [6, 6.07) is 11.7. The summed E-state index contributed by atoms with van der Waals surface area (Å²) in [7, 11) is 0. The van der Waals surface area contributed by atoms with E-state index in [0.717, 1.165) is 63.2 Å². The van der Waals surface area contributed by atoms with Crippen molar-refractivity contribution in [2.24, 2.45) is 5.92 Å². The first kappa shape index (κ1) is 20.2. The van der Waals surface area contributed by atoms with Gasteiger partial charge in [0, 0.05) is 43.5 Å². The van der Waals surface area contributed by atoms with E-state index in [1.54, 1.807) is 24.3 Å². The fourth-order valence-electron chi connectivity index (χ4n) is 4.31. The van der Waals surface area contributed by atoms with Crippen LogP contribution in [0.3, 0.4) is 0 Å². The number of rotatable bonds is 5. The molecule has 2 aliphatic rings. The van der Waals surface area contributed by atoms with Gasteiger partial charge in [-0.3, -0.25) is 4.79 Å². The van der Waals surface area contributed by atoms with Crippen LogP contribution in [0.25, 0.3) is 0 Å². The molecule has 7 heteroatoms. The topological polar surface area (TPSA) is 72.9 Å². The van der Waals surface area contributed by atoms with Crippen molar-refractivity contribution in [1.82, 2.24) is 0 Å². The Hall–Kier alpha value is -3.09. The predicted molar refractivity (Wildman–Crippen MR) is 115 cm³/mol. The van der Waals surface area contributed by atoms with E-state index in [4.69, 9.17) is 0 Å². The number of halogens is 1. The molecule has 0 bridgehead atoms. The van der Waals surface area contributed by atoms with Gasteiger partial charge in [-0.2, -0.15) is 0 Å². The van der Waals surface area contributed by atoms with Crippen molar-refractivity contribution < 1.29 is 19.1 Å². The van der Waals surface area contributed by atoms with E-state index in [9.17, 15) is 19.1 Å². The van der Waals surface area contributed by atoms with Gasteiger partial charge in [0.1, 0.15) is 5.82 Å². The van der Waals surface area contributed by atoms with Crippen LogP contribution in [0.15, 0.2) is 42.5 Å². The molecule has 0 atom stereocenters. The lowest BCUT2D eigenvalue weighted by molar-refractivity contribution is -0.119.